The van der Waals surface area contributed by atoms with Crippen LogP contribution in [0.4, 0.5) is 0 Å². The molecule has 0 radical (unpaired) electrons. The number of nitrogens with one attached hydrogen (secondary N) is 1. The Balaban J connectivity index is 1.97. The smallest absolute Gasteiger partial charge is 0.0831 e. The molecule has 2 rings (SSSR count). The maximum absolute atomic E-state index is 5.31. The monoisotopic (exact) mass is 127 g/mol. The van der Waals surface area contributed by atoms with Crippen LogP contribution < -0.4 is 5.48 Å². The summed E-state index contributed by atoms with van der Waals surface area (Å²) in [5.41, 5.74) is 2.96. The molecule has 2 nitrogen and oxygen atoms in total. The lowest BCUT2D eigenvalue weighted by Crippen LogP contribution is -2.21. The zero-order valence-electron chi connectivity index (χ0n) is 5.60. The summed E-state index contributed by atoms with van der Waals surface area (Å²) < 4.78 is 0. The van der Waals surface area contributed by atoms with Crippen LogP contribution >= 0.6 is 0 Å². The molecule has 1 aliphatic carbocycles. The fourth-order valence-electron chi connectivity index (χ4n) is 1.82. The Morgan fingerprint density at radius 2 is 2.11 bits per heavy atom. The van der Waals surface area contributed by atoms with Crippen LogP contribution in [0.3, 0.4) is 0 Å². The predicted molar refractivity (Wildman–Crippen MR) is 34.8 cm³/mol. The highest BCUT2D eigenvalue weighted by Gasteiger charge is 2.30. The minimum Gasteiger partial charge on any atom is -0.298 e. The van der Waals surface area contributed by atoms with Gasteiger partial charge in [-0.2, -0.15) is 0 Å². The number of fused-ring (bicyclic) bond motifs is 1. The lowest BCUT2D eigenvalue weighted by atomic mass is 9.87. The van der Waals surface area contributed by atoms with E-state index in [4.69, 9.17) is 4.84 Å². The van der Waals surface area contributed by atoms with E-state index < -0.39 is 0 Å². The normalized spacial score (nSPS) is 42.7. The lowest BCUT2D eigenvalue weighted by Gasteiger charge is -2.21. The fourth-order valence-corrected chi connectivity index (χ4v) is 1.82. The van der Waals surface area contributed by atoms with Crippen LogP contribution in [0.5, 0.6) is 0 Å². The van der Waals surface area contributed by atoms with E-state index in [-0.39, 0.29) is 0 Å². The minimum absolute atomic E-state index is 0.554. The Labute approximate surface area is 55.5 Å². The van der Waals surface area contributed by atoms with Gasteiger partial charge in [-0.3, -0.25) is 4.84 Å². The second-order valence-corrected chi connectivity index (χ2v) is 3.05. The van der Waals surface area contributed by atoms with Gasteiger partial charge in [0, 0.05) is 12.5 Å². The van der Waals surface area contributed by atoms with Crippen molar-refractivity contribution in [2.75, 3.05) is 6.54 Å². The van der Waals surface area contributed by atoms with Crippen molar-refractivity contribution in [3.63, 3.8) is 0 Å². The van der Waals surface area contributed by atoms with Crippen molar-refractivity contribution < 1.29 is 4.84 Å². The molecule has 52 valence electrons. The highest BCUT2D eigenvalue weighted by atomic mass is 16.7. The molecule has 1 saturated heterocycles. The first-order valence-corrected chi connectivity index (χ1v) is 3.85. The van der Waals surface area contributed by atoms with Gasteiger partial charge in [0.25, 0.3) is 0 Å². The molecule has 2 aliphatic rings. The number of hydrogen-bond acceptors (Lipinski definition) is 2. The minimum atomic E-state index is 0.554. The van der Waals surface area contributed by atoms with Gasteiger partial charge in [-0.25, -0.2) is 5.48 Å². The summed E-state index contributed by atoms with van der Waals surface area (Å²) in [5, 5.41) is 0. The van der Waals surface area contributed by atoms with Gasteiger partial charge in [-0.15, -0.1) is 0 Å². The van der Waals surface area contributed by atoms with Gasteiger partial charge in [-0.1, -0.05) is 12.8 Å². The summed E-state index contributed by atoms with van der Waals surface area (Å²) in [5.74, 6) is 0.832. The Hall–Kier alpha value is -0.0800. The zero-order valence-corrected chi connectivity index (χ0v) is 5.60. The van der Waals surface area contributed by atoms with E-state index in [1.165, 1.54) is 25.7 Å². The summed E-state index contributed by atoms with van der Waals surface area (Å²) >= 11 is 0. The molecule has 2 heteroatoms. The van der Waals surface area contributed by atoms with Crippen LogP contribution in [-0.4, -0.2) is 12.6 Å². The molecule has 9 heavy (non-hydrogen) atoms. The number of rotatable bonds is 0. The highest BCUT2D eigenvalue weighted by Crippen LogP contribution is 2.28. The molecule has 0 bridgehead atoms. The van der Waals surface area contributed by atoms with Crippen molar-refractivity contribution in [2.45, 2.75) is 31.8 Å². The molecule has 1 N–H and O–H groups in total. The van der Waals surface area contributed by atoms with Gasteiger partial charge in [-0.05, 0) is 12.8 Å². The fraction of sp³-hybridized carbons (Fsp3) is 1.00. The summed E-state index contributed by atoms with van der Waals surface area (Å²) in [6.45, 7) is 1.09. The largest absolute Gasteiger partial charge is 0.298 e. The third-order valence-electron chi connectivity index (χ3n) is 2.42. The van der Waals surface area contributed by atoms with Crippen LogP contribution in [-0.2, 0) is 4.84 Å². The first-order valence-electron chi connectivity index (χ1n) is 3.85. The maximum Gasteiger partial charge on any atom is 0.0831 e. The Morgan fingerprint density at radius 3 is 3.00 bits per heavy atom. The topological polar surface area (TPSA) is 21.3 Å². The molecule has 0 aromatic carbocycles. The first-order chi connectivity index (χ1) is 4.47. The third-order valence-corrected chi connectivity index (χ3v) is 2.42. The first kappa shape index (κ1) is 5.69. The van der Waals surface area contributed by atoms with Gasteiger partial charge in [0.1, 0.15) is 0 Å². The average Bonchev–Trinajstić information content (AvgIpc) is 2.33. The number of hydroxylamine groups is 1. The van der Waals surface area contributed by atoms with E-state index in [2.05, 4.69) is 5.48 Å². The molecule has 2 atom stereocenters. The van der Waals surface area contributed by atoms with Crippen molar-refractivity contribution in [3.8, 4) is 0 Å². The summed E-state index contributed by atoms with van der Waals surface area (Å²) in [7, 11) is 0. The van der Waals surface area contributed by atoms with Gasteiger partial charge in [0.2, 0.25) is 0 Å². The average molecular weight is 127 g/mol. The van der Waals surface area contributed by atoms with Gasteiger partial charge < -0.3 is 0 Å². The molecule has 2 fully saturated rings. The molecule has 0 aromatic heterocycles. The molecule has 0 amide bonds. The van der Waals surface area contributed by atoms with Crippen molar-refractivity contribution in [1.82, 2.24) is 5.48 Å². The molecule has 2 unspecified atom stereocenters. The second kappa shape index (κ2) is 2.27. The molecular formula is C7H13NO. The Bertz CT molecular complexity index is 93.1. The quantitative estimate of drug-likeness (QED) is 0.525. The van der Waals surface area contributed by atoms with Crippen molar-refractivity contribution >= 4 is 0 Å². The van der Waals surface area contributed by atoms with Gasteiger partial charge >= 0.3 is 0 Å². The van der Waals surface area contributed by atoms with E-state index in [1.807, 2.05) is 0 Å². The highest BCUT2D eigenvalue weighted by molar-refractivity contribution is 4.79. The second-order valence-electron chi connectivity index (χ2n) is 3.05. The van der Waals surface area contributed by atoms with E-state index >= 15 is 0 Å². The van der Waals surface area contributed by atoms with Gasteiger partial charge in [0.05, 0.1) is 6.10 Å². The van der Waals surface area contributed by atoms with E-state index in [9.17, 15) is 0 Å². The predicted octanol–water partition coefficient (Wildman–Crippen LogP) is 1.08. The Morgan fingerprint density at radius 1 is 1.22 bits per heavy atom. The third kappa shape index (κ3) is 0.970. The molecule has 0 aromatic rings. The van der Waals surface area contributed by atoms with E-state index in [0.717, 1.165) is 12.5 Å². The van der Waals surface area contributed by atoms with Crippen molar-refractivity contribution in [1.29, 1.82) is 0 Å². The number of hydrogen-bond donors (Lipinski definition) is 1. The van der Waals surface area contributed by atoms with Crippen LogP contribution in [0.2, 0.25) is 0 Å². The molecule has 1 aliphatic heterocycles. The van der Waals surface area contributed by atoms with Crippen molar-refractivity contribution in [2.24, 2.45) is 5.92 Å². The zero-order chi connectivity index (χ0) is 6.10. The molecule has 1 heterocycles. The lowest BCUT2D eigenvalue weighted by molar-refractivity contribution is 0.00823. The summed E-state index contributed by atoms with van der Waals surface area (Å²) in [6.07, 6.45) is 5.98. The van der Waals surface area contributed by atoms with Crippen LogP contribution in [0.15, 0.2) is 0 Å². The standard InChI is InChI=1S/C7H13NO/c1-2-4-7-6(3-1)5-8-9-7/h6-8H,1-5H2. The molecule has 0 spiro atoms. The van der Waals surface area contributed by atoms with Crippen LogP contribution in [0.1, 0.15) is 25.7 Å². The Kier molecular flexibility index (Phi) is 1.44. The SMILES string of the molecule is C1CCC2ONCC2C1. The summed E-state index contributed by atoms with van der Waals surface area (Å²) in [6, 6.07) is 0. The van der Waals surface area contributed by atoms with Gasteiger partial charge in [0.15, 0.2) is 0 Å². The van der Waals surface area contributed by atoms with Crippen LogP contribution in [0, 0.1) is 5.92 Å². The molecule has 1 saturated carbocycles. The summed E-state index contributed by atoms with van der Waals surface area (Å²) in [4.78, 5) is 5.31. The van der Waals surface area contributed by atoms with Crippen molar-refractivity contribution in [3.05, 3.63) is 0 Å². The molecular weight excluding hydrogens is 114 g/mol. The van der Waals surface area contributed by atoms with Crippen LogP contribution in [0.25, 0.3) is 0 Å². The maximum atomic E-state index is 5.31. The van der Waals surface area contributed by atoms with E-state index in [0.29, 0.717) is 6.10 Å². The van der Waals surface area contributed by atoms with E-state index in [1.54, 1.807) is 0 Å².